The van der Waals surface area contributed by atoms with E-state index >= 15 is 0 Å². The van der Waals surface area contributed by atoms with Gasteiger partial charge in [-0.3, -0.25) is 0 Å². The molecule has 1 aliphatic rings. The van der Waals surface area contributed by atoms with Crippen LogP contribution in [0.25, 0.3) is 0 Å². The summed E-state index contributed by atoms with van der Waals surface area (Å²) >= 11 is 0. The predicted octanol–water partition coefficient (Wildman–Crippen LogP) is 2.38. The van der Waals surface area contributed by atoms with E-state index in [0.29, 0.717) is 6.61 Å². The second kappa shape index (κ2) is 13.9. The molecular weight excluding hydrogens is 324 g/mol. The monoisotopic (exact) mass is 362 g/mol. The van der Waals surface area contributed by atoms with E-state index in [-0.39, 0.29) is 6.61 Å². The van der Waals surface area contributed by atoms with Crippen LogP contribution in [0.1, 0.15) is 71.1 Å². The second-order valence-corrected chi connectivity index (χ2v) is 7.01. The highest BCUT2D eigenvalue weighted by Gasteiger charge is 2.43. The summed E-state index contributed by atoms with van der Waals surface area (Å²) in [5, 5.41) is 29.4. The average Bonchev–Trinajstić information content (AvgIpc) is 2.62. The molecule has 2 unspecified atom stereocenters. The van der Waals surface area contributed by atoms with Gasteiger partial charge in [0.1, 0.15) is 24.4 Å². The van der Waals surface area contributed by atoms with E-state index in [1.165, 1.54) is 58.5 Å². The lowest BCUT2D eigenvalue weighted by atomic mass is 9.99. The topological polar surface area (TPSA) is 88.4 Å². The van der Waals surface area contributed by atoms with Crippen molar-refractivity contribution >= 4 is 0 Å². The Hall–Kier alpha value is -0.240. The maximum atomic E-state index is 9.93. The molecule has 6 nitrogen and oxygen atoms in total. The largest absolute Gasteiger partial charge is 0.387 e. The van der Waals surface area contributed by atoms with Crippen molar-refractivity contribution in [2.75, 3.05) is 20.3 Å². The van der Waals surface area contributed by atoms with Crippen LogP contribution in [0.15, 0.2) is 0 Å². The zero-order chi connectivity index (χ0) is 18.5. The number of methoxy groups -OCH3 is 1. The molecule has 1 aliphatic heterocycles. The summed E-state index contributed by atoms with van der Waals surface area (Å²) in [4.78, 5) is 0. The minimum Gasteiger partial charge on any atom is -0.387 e. The van der Waals surface area contributed by atoms with Crippen LogP contribution in [-0.4, -0.2) is 66.3 Å². The van der Waals surface area contributed by atoms with Crippen LogP contribution in [0, 0.1) is 0 Å². The van der Waals surface area contributed by atoms with Crippen LogP contribution in [-0.2, 0) is 14.2 Å². The molecule has 0 aliphatic carbocycles. The average molecular weight is 363 g/mol. The van der Waals surface area contributed by atoms with Gasteiger partial charge in [-0.1, -0.05) is 64.7 Å². The van der Waals surface area contributed by atoms with Gasteiger partial charge in [-0.25, -0.2) is 0 Å². The summed E-state index contributed by atoms with van der Waals surface area (Å²) in [7, 11) is 1.39. The Labute approximate surface area is 152 Å². The highest BCUT2D eigenvalue weighted by molar-refractivity contribution is 4.88. The molecule has 3 N–H and O–H groups in total. The molecule has 150 valence electrons. The Kier molecular flexibility index (Phi) is 12.7. The van der Waals surface area contributed by atoms with Gasteiger partial charge in [0.05, 0.1) is 6.61 Å². The zero-order valence-electron chi connectivity index (χ0n) is 15.9. The molecule has 0 saturated carbocycles. The molecule has 0 aromatic carbocycles. The Morgan fingerprint density at radius 2 is 1.32 bits per heavy atom. The van der Waals surface area contributed by atoms with Crippen molar-refractivity contribution in [1.82, 2.24) is 0 Å². The third-order valence-electron chi connectivity index (χ3n) is 4.83. The minimum absolute atomic E-state index is 0.183. The van der Waals surface area contributed by atoms with Crippen molar-refractivity contribution in [3.63, 3.8) is 0 Å². The fraction of sp³-hybridized carbons (Fsp3) is 1.00. The van der Waals surface area contributed by atoms with Crippen molar-refractivity contribution < 1.29 is 29.5 Å². The zero-order valence-corrected chi connectivity index (χ0v) is 15.9. The first-order valence-corrected chi connectivity index (χ1v) is 9.92. The van der Waals surface area contributed by atoms with Gasteiger partial charge in [-0.15, -0.1) is 0 Å². The molecule has 1 rings (SSSR count). The summed E-state index contributed by atoms with van der Waals surface area (Å²) < 4.78 is 15.9. The minimum atomic E-state index is -1.29. The highest BCUT2D eigenvalue weighted by Crippen LogP contribution is 2.22. The van der Waals surface area contributed by atoms with Gasteiger partial charge in [0.25, 0.3) is 0 Å². The lowest BCUT2D eigenvalue weighted by Gasteiger charge is -2.39. The van der Waals surface area contributed by atoms with Gasteiger partial charge < -0.3 is 29.5 Å². The third-order valence-corrected chi connectivity index (χ3v) is 4.83. The first-order chi connectivity index (χ1) is 12.1. The van der Waals surface area contributed by atoms with Gasteiger partial charge in [0.2, 0.25) is 0 Å². The van der Waals surface area contributed by atoms with Crippen LogP contribution in [0.3, 0.4) is 0 Å². The smallest absolute Gasteiger partial charge is 0.186 e. The van der Waals surface area contributed by atoms with Gasteiger partial charge in [-0.05, 0) is 6.42 Å². The van der Waals surface area contributed by atoms with Crippen molar-refractivity contribution in [3.8, 4) is 0 Å². The highest BCUT2D eigenvalue weighted by atomic mass is 16.7. The third kappa shape index (κ3) is 8.80. The van der Waals surface area contributed by atoms with Crippen LogP contribution in [0.5, 0.6) is 0 Å². The molecule has 0 radical (unpaired) electrons. The molecule has 0 spiro atoms. The molecule has 25 heavy (non-hydrogen) atoms. The molecule has 1 fully saturated rings. The fourth-order valence-corrected chi connectivity index (χ4v) is 3.14. The number of aliphatic hydroxyl groups excluding tert-OH is 3. The predicted molar refractivity (Wildman–Crippen MR) is 96.4 cm³/mol. The van der Waals surface area contributed by atoms with Crippen molar-refractivity contribution in [1.29, 1.82) is 0 Å². The molecule has 6 heteroatoms. The van der Waals surface area contributed by atoms with Gasteiger partial charge in [0, 0.05) is 13.7 Å². The maximum Gasteiger partial charge on any atom is 0.186 e. The first-order valence-electron chi connectivity index (χ1n) is 9.92. The van der Waals surface area contributed by atoms with E-state index in [1.807, 2.05) is 0 Å². The lowest BCUT2D eigenvalue weighted by Crippen LogP contribution is -2.59. The molecule has 0 aromatic rings. The summed E-state index contributed by atoms with van der Waals surface area (Å²) in [6.07, 6.45) is 7.38. The summed E-state index contributed by atoms with van der Waals surface area (Å²) in [5.74, 6) is 0. The summed E-state index contributed by atoms with van der Waals surface area (Å²) in [6, 6.07) is 0. The quantitative estimate of drug-likeness (QED) is 0.411. The van der Waals surface area contributed by atoms with Gasteiger partial charge in [0.15, 0.2) is 6.29 Å². The van der Waals surface area contributed by atoms with E-state index in [2.05, 4.69) is 6.92 Å². The number of hydrogen-bond donors (Lipinski definition) is 3. The molecule has 0 aromatic heterocycles. The standard InChI is InChI=1S/C19H38O6/c1-3-4-5-6-7-8-9-10-11-12-13-24-14-15-16(20)17(21)18(22)19(23-2)25-15/h15-22H,3-14H2,1-2H3/t15?,16-,17+,18?,19+/m1/s1. The van der Waals surface area contributed by atoms with Gasteiger partial charge in [-0.2, -0.15) is 0 Å². The fourth-order valence-electron chi connectivity index (χ4n) is 3.14. The lowest BCUT2D eigenvalue weighted by molar-refractivity contribution is -0.296. The number of ether oxygens (including phenoxy) is 3. The normalized spacial score (nSPS) is 29.9. The van der Waals surface area contributed by atoms with Crippen molar-refractivity contribution in [2.45, 2.75) is 102 Å². The SMILES string of the molecule is CCCCCCCCCCCCOCC1O[C@H](OC)C(O)[C@@H](O)[C@@H]1O. The van der Waals surface area contributed by atoms with E-state index < -0.39 is 30.7 Å². The van der Waals surface area contributed by atoms with Crippen LogP contribution < -0.4 is 0 Å². The number of rotatable bonds is 14. The molecule has 0 bridgehead atoms. The number of unbranched alkanes of at least 4 members (excludes halogenated alkanes) is 9. The van der Waals surface area contributed by atoms with Crippen LogP contribution in [0.4, 0.5) is 0 Å². The summed E-state index contributed by atoms with van der Waals surface area (Å²) in [6.45, 7) is 3.03. The maximum absolute atomic E-state index is 9.93. The Morgan fingerprint density at radius 3 is 1.88 bits per heavy atom. The van der Waals surface area contributed by atoms with Crippen molar-refractivity contribution in [3.05, 3.63) is 0 Å². The van der Waals surface area contributed by atoms with E-state index in [9.17, 15) is 15.3 Å². The van der Waals surface area contributed by atoms with Gasteiger partial charge >= 0.3 is 0 Å². The summed E-state index contributed by atoms with van der Waals surface area (Å²) in [5.41, 5.74) is 0. The Bertz CT molecular complexity index is 312. The second-order valence-electron chi connectivity index (χ2n) is 7.01. The molecule has 1 heterocycles. The molecule has 1 saturated heterocycles. The first kappa shape index (κ1) is 22.8. The Morgan fingerprint density at radius 1 is 0.760 bits per heavy atom. The molecule has 0 amide bonds. The van der Waals surface area contributed by atoms with E-state index in [4.69, 9.17) is 14.2 Å². The van der Waals surface area contributed by atoms with Crippen LogP contribution in [0.2, 0.25) is 0 Å². The molecular formula is C19H38O6. The number of aliphatic hydroxyl groups is 3. The Balaban J connectivity index is 1.99. The van der Waals surface area contributed by atoms with E-state index in [0.717, 1.165) is 12.8 Å². The van der Waals surface area contributed by atoms with E-state index in [1.54, 1.807) is 0 Å². The van der Waals surface area contributed by atoms with Crippen LogP contribution >= 0.6 is 0 Å². The van der Waals surface area contributed by atoms with Crippen molar-refractivity contribution in [2.24, 2.45) is 0 Å². The molecule has 5 atom stereocenters. The number of hydrogen-bond acceptors (Lipinski definition) is 6.